The minimum atomic E-state index is -0.0618. The Morgan fingerprint density at radius 3 is 3.25 bits per heavy atom. The summed E-state index contributed by atoms with van der Waals surface area (Å²) in [5.41, 5.74) is 1.51. The highest BCUT2D eigenvalue weighted by Crippen LogP contribution is 2.27. The Morgan fingerprint density at radius 2 is 2.44 bits per heavy atom. The Labute approximate surface area is 97.2 Å². The Hall–Kier alpha value is -0.830. The van der Waals surface area contributed by atoms with Crippen LogP contribution in [0.3, 0.4) is 0 Å². The van der Waals surface area contributed by atoms with Crippen molar-refractivity contribution in [1.82, 2.24) is 5.32 Å². The van der Waals surface area contributed by atoms with Gasteiger partial charge in [0.05, 0.1) is 6.61 Å². The Balaban J connectivity index is 1.72. The molecule has 0 aromatic rings. The number of epoxide rings is 1. The summed E-state index contributed by atoms with van der Waals surface area (Å²) < 4.78 is 7.88. The molecule has 3 aliphatic rings. The van der Waals surface area contributed by atoms with Crippen molar-refractivity contribution in [2.24, 2.45) is 0 Å². The number of nitrogens with one attached hydrogen (secondary N) is 1. The number of fused-ring (bicyclic) bond motifs is 1. The van der Waals surface area contributed by atoms with Gasteiger partial charge in [-0.25, -0.2) is 4.58 Å². The lowest BCUT2D eigenvalue weighted by molar-refractivity contribution is -0.566. The third-order valence-corrected chi connectivity index (χ3v) is 3.91. The molecule has 16 heavy (non-hydrogen) atoms. The Kier molecular flexibility index (Phi) is 2.51. The Morgan fingerprint density at radius 1 is 1.56 bits per heavy atom. The number of piperidine rings is 1. The molecule has 3 heteroatoms. The molecule has 3 aliphatic heterocycles. The molecule has 0 saturated carbocycles. The van der Waals surface area contributed by atoms with E-state index < -0.39 is 0 Å². The van der Waals surface area contributed by atoms with Gasteiger partial charge in [-0.05, 0) is 19.8 Å². The molecule has 0 aromatic heterocycles. The van der Waals surface area contributed by atoms with Gasteiger partial charge in [-0.1, -0.05) is 0 Å². The molecule has 0 bridgehead atoms. The highest BCUT2D eigenvalue weighted by molar-refractivity contribution is 5.53. The highest BCUT2D eigenvalue weighted by Gasteiger charge is 2.39. The maximum Gasteiger partial charge on any atom is 0.175 e. The van der Waals surface area contributed by atoms with Gasteiger partial charge in [0, 0.05) is 31.0 Å². The van der Waals surface area contributed by atoms with Crippen molar-refractivity contribution in [3.8, 4) is 0 Å². The first-order valence-corrected chi connectivity index (χ1v) is 6.47. The third-order valence-electron chi connectivity index (χ3n) is 3.91. The molecular formula is C13H21N2O+. The smallest absolute Gasteiger partial charge is 0.175 e. The van der Waals surface area contributed by atoms with Crippen molar-refractivity contribution in [3.05, 3.63) is 11.8 Å². The van der Waals surface area contributed by atoms with E-state index in [-0.39, 0.29) is 5.72 Å². The van der Waals surface area contributed by atoms with Gasteiger partial charge in [0.1, 0.15) is 12.8 Å². The van der Waals surface area contributed by atoms with E-state index in [0.717, 1.165) is 6.61 Å². The lowest BCUT2D eigenvalue weighted by Crippen LogP contribution is -2.38. The molecule has 3 heterocycles. The monoisotopic (exact) mass is 221 g/mol. The SMILES string of the molecule is CC1(N/C=C2\CCC=[N+]3CCCC[C@H]23)CO1. The van der Waals surface area contributed by atoms with Crippen LogP contribution < -0.4 is 5.32 Å². The van der Waals surface area contributed by atoms with Crippen LogP contribution in [0.15, 0.2) is 11.8 Å². The first-order valence-electron chi connectivity index (χ1n) is 6.47. The number of ether oxygens (including phenoxy) is 1. The van der Waals surface area contributed by atoms with E-state index in [1.807, 2.05) is 0 Å². The van der Waals surface area contributed by atoms with E-state index in [1.54, 1.807) is 5.57 Å². The average molecular weight is 221 g/mol. The molecule has 0 amide bonds. The van der Waals surface area contributed by atoms with E-state index in [9.17, 15) is 0 Å². The summed E-state index contributed by atoms with van der Waals surface area (Å²) in [6, 6.07) is 0.664. The van der Waals surface area contributed by atoms with Gasteiger partial charge >= 0.3 is 0 Å². The van der Waals surface area contributed by atoms with Crippen LogP contribution in [0, 0.1) is 0 Å². The summed E-state index contributed by atoms with van der Waals surface area (Å²) >= 11 is 0. The zero-order valence-electron chi connectivity index (χ0n) is 10.0. The summed E-state index contributed by atoms with van der Waals surface area (Å²) in [5.74, 6) is 0. The van der Waals surface area contributed by atoms with Crippen LogP contribution in [0.4, 0.5) is 0 Å². The molecule has 3 nitrogen and oxygen atoms in total. The predicted molar refractivity (Wildman–Crippen MR) is 63.6 cm³/mol. The molecule has 0 radical (unpaired) electrons. The fraction of sp³-hybridized carbons (Fsp3) is 0.769. The van der Waals surface area contributed by atoms with E-state index in [0.29, 0.717) is 6.04 Å². The van der Waals surface area contributed by atoms with Crippen molar-refractivity contribution >= 4 is 6.21 Å². The highest BCUT2D eigenvalue weighted by atomic mass is 16.6. The third kappa shape index (κ3) is 2.01. The fourth-order valence-corrected chi connectivity index (χ4v) is 2.74. The summed E-state index contributed by atoms with van der Waals surface area (Å²) in [6.07, 6.45) is 11.1. The second-order valence-electron chi connectivity index (χ2n) is 5.35. The fourth-order valence-electron chi connectivity index (χ4n) is 2.74. The molecule has 3 rings (SSSR count). The van der Waals surface area contributed by atoms with E-state index in [4.69, 9.17) is 4.74 Å². The van der Waals surface area contributed by atoms with Crippen LogP contribution in [0.1, 0.15) is 39.0 Å². The molecule has 1 unspecified atom stereocenters. The topological polar surface area (TPSA) is 27.6 Å². The summed E-state index contributed by atoms with van der Waals surface area (Å²) in [5, 5.41) is 3.41. The van der Waals surface area contributed by atoms with Gasteiger partial charge in [0.15, 0.2) is 11.8 Å². The van der Waals surface area contributed by atoms with E-state index in [2.05, 4.69) is 29.2 Å². The van der Waals surface area contributed by atoms with Crippen LogP contribution >= 0.6 is 0 Å². The van der Waals surface area contributed by atoms with Crippen molar-refractivity contribution in [1.29, 1.82) is 0 Å². The number of rotatable bonds is 2. The molecule has 2 atom stereocenters. The average Bonchev–Trinajstić information content (AvgIpc) is 3.05. The maximum absolute atomic E-state index is 5.35. The van der Waals surface area contributed by atoms with Crippen LogP contribution in [0.2, 0.25) is 0 Å². The van der Waals surface area contributed by atoms with Crippen molar-refractivity contribution in [2.45, 2.75) is 50.8 Å². The zero-order valence-corrected chi connectivity index (χ0v) is 10.0. The lowest BCUT2D eigenvalue weighted by Gasteiger charge is -2.26. The first-order chi connectivity index (χ1) is 7.77. The second kappa shape index (κ2) is 3.88. The van der Waals surface area contributed by atoms with Crippen LogP contribution in [-0.4, -0.2) is 35.7 Å². The molecule has 2 fully saturated rings. The minimum absolute atomic E-state index is 0.0618. The molecule has 0 aromatic carbocycles. The lowest BCUT2D eigenvalue weighted by atomic mass is 9.91. The summed E-state index contributed by atoms with van der Waals surface area (Å²) in [6.45, 7) is 4.20. The van der Waals surface area contributed by atoms with Gasteiger partial charge in [-0.15, -0.1) is 0 Å². The summed E-state index contributed by atoms with van der Waals surface area (Å²) in [7, 11) is 0. The van der Waals surface area contributed by atoms with Crippen LogP contribution in [0.5, 0.6) is 0 Å². The molecule has 2 saturated heterocycles. The van der Waals surface area contributed by atoms with Crippen LogP contribution in [-0.2, 0) is 4.74 Å². The molecular weight excluding hydrogens is 200 g/mol. The van der Waals surface area contributed by atoms with Crippen molar-refractivity contribution in [3.63, 3.8) is 0 Å². The largest absolute Gasteiger partial charge is 0.362 e. The van der Waals surface area contributed by atoms with Gasteiger partial charge in [0.25, 0.3) is 0 Å². The number of hydrogen-bond acceptors (Lipinski definition) is 2. The summed E-state index contributed by atoms with van der Waals surface area (Å²) in [4.78, 5) is 0. The van der Waals surface area contributed by atoms with E-state index in [1.165, 1.54) is 38.6 Å². The normalized spacial score (nSPS) is 40.2. The maximum atomic E-state index is 5.35. The van der Waals surface area contributed by atoms with Crippen LogP contribution in [0.25, 0.3) is 0 Å². The predicted octanol–water partition coefficient (Wildman–Crippen LogP) is 1.64. The minimum Gasteiger partial charge on any atom is -0.362 e. The molecule has 1 N–H and O–H groups in total. The van der Waals surface area contributed by atoms with Gasteiger partial charge < -0.3 is 10.1 Å². The quantitative estimate of drug-likeness (QED) is 0.567. The zero-order chi connectivity index (χ0) is 11.0. The number of nitrogens with zero attached hydrogens (tertiary/aromatic N) is 1. The molecule has 88 valence electrons. The van der Waals surface area contributed by atoms with Crippen molar-refractivity contribution < 1.29 is 9.31 Å². The second-order valence-corrected chi connectivity index (χ2v) is 5.35. The van der Waals surface area contributed by atoms with Gasteiger partial charge in [-0.3, -0.25) is 0 Å². The molecule has 0 aliphatic carbocycles. The van der Waals surface area contributed by atoms with Gasteiger partial charge in [-0.2, -0.15) is 0 Å². The Bertz CT molecular complexity index is 342. The number of hydrogen-bond donors (Lipinski definition) is 1. The van der Waals surface area contributed by atoms with Crippen molar-refractivity contribution in [2.75, 3.05) is 13.2 Å². The standard InChI is InChI=1S/C13H21N2O/c1-13(10-16-13)14-9-11-5-4-8-15-7-3-2-6-12(11)15/h8-9,12,14H,2-7,10H2,1H3/q+1/b11-9+/t12-,13?/m1/s1. The van der Waals surface area contributed by atoms with Gasteiger partial charge in [0.2, 0.25) is 0 Å². The first kappa shape index (κ1) is 10.3. The van der Waals surface area contributed by atoms with E-state index >= 15 is 0 Å². The molecule has 0 spiro atoms.